The number of benzene rings is 2. The summed E-state index contributed by atoms with van der Waals surface area (Å²) in [6.45, 7) is 4.55. The van der Waals surface area contributed by atoms with Gasteiger partial charge in [0, 0.05) is 19.4 Å². The predicted molar refractivity (Wildman–Crippen MR) is 124 cm³/mol. The number of carbonyl (C=O) groups excluding carboxylic acids is 2. The van der Waals surface area contributed by atoms with E-state index in [9.17, 15) is 9.59 Å². The average Bonchev–Trinajstić information content (AvgIpc) is 3.37. The van der Waals surface area contributed by atoms with Crippen LogP contribution in [0.2, 0.25) is 0 Å². The molecule has 1 fully saturated rings. The molecule has 7 heteroatoms. The van der Waals surface area contributed by atoms with Crippen molar-refractivity contribution in [1.82, 2.24) is 15.1 Å². The van der Waals surface area contributed by atoms with Crippen molar-refractivity contribution >= 4 is 23.5 Å². The van der Waals surface area contributed by atoms with Crippen molar-refractivity contribution in [2.75, 3.05) is 12.3 Å². The molecule has 32 heavy (non-hydrogen) atoms. The number of amides is 1. The Balaban J connectivity index is 1.33. The molecule has 0 N–H and O–H groups in total. The van der Waals surface area contributed by atoms with Crippen LogP contribution >= 0.6 is 11.8 Å². The van der Waals surface area contributed by atoms with E-state index >= 15 is 0 Å². The fourth-order valence-corrected chi connectivity index (χ4v) is 5.14. The van der Waals surface area contributed by atoms with Gasteiger partial charge in [-0.1, -0.05) is 67.1 Å². The second-order valence-electron chi connectivity index (χ2n) is 8.40. The number of aromatic nitrogens is 2. The molecule has 1 aromatic heterocycles. The summed E-state index contributed by atoms with van der Waals surface area (Å²) in [6.07, 6.45) is 1.57. The van der Waals surface area contributed by atoms with Crippen molar-refractivity contribution in [1.29, 1.82) is 0 Å². The molecular weight excluding hydrogens is 422 g/mol. The summed E-state index contributed by atoms with van der Waals surface area (Å²) >= 11 is 1.67. The molecule has 0 saturated carbocycles. The Morgan fingerprint density at radius 1 is 1.16 bits per heavy atom. The predicted octanol–water partition coefficient (Wildman–Crippen LogP) is 4.32. The summed E-state index contributed by atoms with van der Waals surface area (Å²) < 4.78 is 5.62. The molecule has 6 nitrogen and oxygen atoms in total. The monoisotopic (exact) mass is 449 g/mol. The molecule has 0 spiro atoms. The zero-order chi connectivity index (χ0) is 22.5. The first-order valence-electron chi connectivity index (χ1n) is 10.8. The van der Waals surface area contributed by atoms with Crippen LogP contribution in [-0.2, 0) is 17.6 Å². The van der Waals surface area contributed by atoms with E-state index in [4.69, 9.17) is 4.42 Å². The van der Waals surface area contributed by atoms with Crippen LogP contribution in [0.15, 0.2) is 59.0 Å². The normalized spacial score (nSPS) is 17.0. The lowest BCUT2D eigenvalue weighted by atomic mass is 10.0. The fraction of sp³-hybridized carbons (Fsp3) is 0.360. The molecule has 0 radical (unpaired) electrons. The van der Waals surface area contributed by atoms with Crippen molar-refractivity contribution in [3.05, 3.63) is 83.1 Å². The Labute approximate surface area is 192 Å². The molecule has 1 aliphatic rings. The van der Waals surface area contributed by atoms with Gasteiger partial charge in [-0.3, -0.25) is 9.59 Å². The van der Waals surface area contributed by atoms with Gasteiger partial charge in [-0.05, 0) is 24.0 Å². The smallest absolute Gasteiger partial charge is 0.284 e. The number of carbonyl (C=O) groups is 2. The van der Waals surface area contributed by atoms with Gasteiger partial charge in [0.05, 0.1) is 17.5 Å². The molecule has 1 amide bonds. The third kappa shape index (κ3) is 5.65. The topological polar surface area (TPSA) is 76.3 Å². The molecule has 0 unspecified atom stereocenters. The standard InChI is InChI=1S/C25H27N3O3S/c1-17-7-6-10-20(11-17)13-22-26-27-25(31-22)21(29)12-18(2)15-28-23(30)16-32-24(28)14-19-8-4-3-5-9-19/h3-11,18,24H,12-16H2,1-2H3/t18-,24-/m0/s1. The van der Waals surface area contributed by atoms with Crippen LogP contribution in [0, 0.1) is 12.8 Å². The Hall–Kier alpha value is -2.93. The molecule has 2 atom stereocenters. The minimum absolute atomic E-state index is 0.00412. The molecule has 166 valence electrons. The summed E-state index contributed by atoms with van der Waals surface area (Å²) in [5.41, 5.74) is 3.43. The minimum atomic E-state index is -0.181. The van der Waals surface area contributed by atoms with Crippen molar-refractivity contribution in [3.63, 3.8) is 0 Å². The Bertz CT molecular complexity index is 1080. The van der Waals surface area contributed by atoms with E-state index in [0.29, 0.717) is 24.6 Å². The third-order valence-corrected chi connectivity index (χ3v) is 6.73. The van der Waals surface area contributed by atoms with E-state index in [-0.39, 0.29) is 35.3 Å². The van der Waals surface area contributed by atoms with E-state index in [1.807, 2.05) is 55.1 Å². The number of Topliss-reactive ketones (excluding diaryl/α,β-unsaturated/α-hetero) is 1. The molecule has 1 saturated heterocycles. The van der Waals surface area contributed by atoms with Gasteiger partial charge < -0.3 is 9.32 Å². The van der Waals surface area contributed by atoms with Gasteiger partial charge in [-0.25, -0.2) is 0 Å². The van der Waals surface area contributed by atoms with E-state index in [1.165, 1.54) is 5.56 Å². The van der Waals surface area contributed by atoms with Gasteiger partial charge in [-0.2, -0.15) is 0 Å². The summed E-state index contributed by atoms with van der Waals surface area (Å²) in [5, 5.41) is 8.10. The first-order valence-corrected chi connectivity index (χ1v) is 11.9. The fourth-order valence-electron chi connectivity index (χ4n) is 3.94. The molecule has 1 aliphatic heterocycles. The molecule has 4 rings (SSSR count). The SMILES string of the molecule is Cc1cccc(Cc2nnc(C(=O)C[C@H](C)CN3C(=O)CS[C@H]3Cc3ccccc3)o2)c1. The third-order valence-electron chi connectivity index (χ3n) is 5.51. The lowest BCUT2D eigenvalue weighted by Crippen LogP contribution is -2.37. The number of rotatable bonds is 9. The molecule has 3 aromatic rings. The van der Waals surface area contributed by atoms with Crippen LogP contribution in [0.25, 0.3) is 0 Å². The van der Waals surface area contributed by atoms with Crippen molar-refractivity contribution in [2.45, 2.75) is 38.5 Å². The van der Waals surface area contributed by atoms with Crippen molar-refractivity contribution in [3.8, 4) is 0 Å². The summed E-state index contributed by atoms with van der Waals surface area (Å²) in [7, 11) is 0. The van der Waals surface area contributed by atoms with Gasteiger partial charge in [0.2, 0.25) is 17.6 Å². The minimum Gasteiger partial charge on any atom is -0.418 e. The average molecular weight is 450 g/mol. The van der Waals surface area contributed by atoms with Crippen LogP contribution in [-0.4, -0.2) is 44.5 Å². The zero-order valence-corrected chi connectivity index (χ0v) is 19.2. The van der Waals surface area contributed by atoms with Crippen LogP contribution in [0.3, 0.4) is 0 Å². The van der Waals surface area contributed by atoms with E-state index in [1.54, 1.807) is 11.8 Å². The first-order chi connectivity index (χ1) is 15.5. The lowest BCUT2D eigenvalue weighted by molar-refractivity contribution is -0.128. The van der Waals surface area contributed by atoms with Gasteiger partial charge >= 0.3 is 0 Å². The van der Waals surface area contributed by atoms with Gasteiger partial charge in [0.15, 0.2) is 0 Å². The van der Waals surface area contributed by atoms with E-state index < -0.39 is 0 Å². The van der Waals surface area contributed by atoms with E-state index in [2.05, 4.69) is 28.4 Å². The Morgan fingerprint density at radius 2 is 1.94 bits per heavy atom. The lowest BCUT2D eigenvalue weighted by Gasteiger charge is -2.26. The Kier molecular flexibility index (Phi) is 7.05. The number of nitrogens with zero attached hydrogens (tertiary/aromatic N) is 3. The van der Waals surface area contributed by atoms with Crippen LogP contribution in [0.1, 0.15) is 46.6 Å². The Morgan fingerprint density at radius 3 is 2.72 bits per heavy atom. The van der Waals surface area contributed by atoms with Gasteiger partial charge in [0.25, 0.3) is 5.89 Å². The van der Waals surface area contributed by atoms with Gasteiger partial charge in [0.1, 0.15) is 0 Å². The summed E-state index contributed by atoms with van der Waals surface area (Å²) in [5.74, 6) is 0.913. The van der Waals surface area contributed by atoms with Crippen LogP contribution in [0.5, 0.6) is 0 Å². The number of ketones is 1. The molecule has 0 aliphatic carbocycles. The molecule has 2 aromatic carbocycles. The maximum Gasteiger partial charge on any atom is 0.284 e. The maximum absolute atomic E-state index is 12.7. The van der Waals surface area contributed by atoms with Gasteiger partial charge in [-0.15, -0.1) is 22.0 Å². The molecule has 2 heterocycles. The number of hydrogen-bond acceptors (Lipinski definition) is 6. The van der Waals surface area contributed by atoms with Crippen molar-refractivity contribution < 1.29 is 14.0 Å². The van der Waals surface area contributed by atoms with Crippen LogP contribution in [0.4, 0.5) is 0 Å². The first kappa shape index (κ1) is 22.3. The van der Waals surface area contributed by atoms with Crippen LogP contribution < -0.4 is 0 Å². The highest BCUT2D eigenvalue weighted by atomic mass is 32.2. The second-order valence-corrected chi connectivity index (χ2v) is 9.57. The molecular formula is C25H27N3O3S. The maximum atomic E-state index is 12.7. The second kappa shape index (κ2) is 10.1. The zero-order valence-electron chi connectivity index (χ0n) is 18.4. The highest BCUT2D eigenvalue weighted by Gasteiger charge is 2.33. The van der Waals surface area contributed by atoms with E-state index in [0.717, 1.165) is 17.5 Å². The summed E-state index contributed by atoms with van der Waals surface area (Å²) in [6, 6.07) is 18.3. The highest BCUT2D eigenvalue weighted by Crippen LogP contribution is 2.29. The molecule has 0 bridgehead atoms. The quantitative estimate of drug-likeness (QED) is 0.453. The number of aryl methyl sites for hydroxylation is 1. The summed E-state index contributed by atoms with van der Waals surface area (Å²) in [4.78, 5) is 27.1. The number of thioether (sulfide) groups is 1. The largest absolute Gasteiger partial charge is 0.418 e. The number of hydrogen-bond donors (Lipinski definition) is 0. The van der Waals surface area contributed by atoms with Crippen molar-refractivity contribution in [2.24, 2.45) is 5.92 Å². The highest BCUT2D eigenvalue weighted by molar-refractivity contribution is 8.01.